The van der Waals surface area contributed by atoms with E-state index in [1.54, 1.807) is 45.0 Å². The zero-order chi connectivity index (χ0) is 19.5. The molecule has 0 saturated carbocycles. The van der Waals surface area contributed by atoms with E-state index in [9.17, 15) is 14.4 Å². The van der Waals surface area contributed by atoms with Gasteiger partial charge in [0.1, 0.15) is 5.15 Å². The van der Waals surface area contributed by atoms with Gasteiger partial charge in [0.2, 0.25) is 0 Å². The number of hydrogen-bond acceptors (Lipinski definition) is 5. The second-order valence-electron chi connectivity index (χ2n) is 6.75. The summed E-state index contributed by atoms with van der Waals surface area (Å²) >= 11 is 5.95. The van der Waals surface area contributed by atoms with Crippen molar-refractivity contribution in [3.05, 3.63) is 41.0 Å². The molecule has 0 spiro atoms. The molecule has 1 aromatic heterocycles. The highest BCUT2D eigenvalue weighted by Gasteiger charge is 2.24. The van der Waals surface area contributed by atoms with Crippen LogP contribution in [0.4, 0.5) is 4.79 Å². The second kappa shape index (κ2) is 7.70. The zero-order valence-corrected chi connectivity index (χ0v) is 15.7. The number of nitrogens with one attached hydrogen (secondary N) is 2. The Morgan fingerprint density at radius 3 is 2.50 bits per heavy atom. The van der Waals surface area contributed by atoms with Crippen molar-refractivity contribution in [2.45, 2.75) is 39.3 Å². The van der Waals surface area contributed by atoms with Gasteiger partial charge in [-0.05, 0) is 39.8 Å². The van der Waals surface area contributed by atoms with E-state index in [1.807, 2.05) is 0 Å². The summed E-state index contributed by atoms with van der Waals surface area (Å²) in [5, 5.41) is 5.41. The Morgan fingerprint density at radius 1 is 1.19 bits per heavy atom. The average molecular weight is 378 g/mol. The number of amides is 3. The highest BCUT2D eigenvalue weighted by molar-refractivity contribution is 6.30. The SMILES string of the molecule is C[C@@H](OC(=O)c1cc(Cl)nc2ccccc12)C(=O)NC(=O)NC(C)(C)C. The van der Waals surface area contributed by atoms with Gasteiger partial charge in [0.05, 0.1) is 11.1 Å². The Bertz CT molecular complexity index is 861. The molecule has 0 aliphatic heterocycles. The van der Waals surface area contributed by atoms with E-state index in [4.69, 9.17) is 16.3 Å². The molecule has 0 saturated heterocycles. The van der Waals surface area contributed by atoms with E-state index in [0.29, 0.717) is 10.9 Å². The zero-order valence-electron chi connectivity index (χ0n) is 14.9. The lowest BCUT2D eigenvalue weighted by atomic mass is 10.1. The number of fused-ring (bicyclic) bond motifs is 1. The van der Waals surface area contributed by atoms with E-state index < -0.39 is 29.6 Å². The molecular weight excluding hydrogens is 358 g/mol. The Labute approximate surface area is 156 Å². The predicted molar refractivity (Wildman–Crippen MR) is 98.1 cm³/mol. The van der Waals surface area contributed by atoms with Crippen LogP contribution in [-0.4, -0.2) is 34.5 Å². The fourth-order valence-electron chi connectivity index (χ4n) is 2.17. The predicted octanol–water partition coefficient (Wildman–Crippen LogP) is 3.06. The number of urea groups is 1. The number of nitrogens with zero attached hydrogens (tertiary/aromatic N) is 1. The smallest absolute Gasteiger partial charge is 0.339 e. The van der Waals surface area contributed by atoms with Crippen LogP contribution >= 0.6 is 11.6 Å². The number of aromatic nitrogens is 1. The van der Waals surface area contributed by atoms with E-state index in [2.05, 4.69) is 15.6 Å². The summed E-state index contributed by atoms with van der Waals surface area (Å²) in [5.41, 5.74) is 0.227. The number of ether oxygens (including phenoxy) is 1. The Morgan fingerprint density at radius 2 is 1.85 bits per heavy atom. The molecule has 1 heterocycles. The minimum absolute atomic E-state index is 0.136. The average Bonchev–Trinajstić information content (AvgIpc) is 2.51. The number of carbonyl (C=O) groups is 3. The molecule has 0 unspecified atom stereocenters. The van der Waals surface area contributed by atoms with Gasteiger partial charge in [-0.2, -0.15) is 0 Å². The molecule has 0 aliphatic carbocycles. The molecule has 3 amide bonds. The van der Waals surface area contributed by atoms with Crippen LogP contribution in [0.15, 0.2) is 30.3 Å². The van der Waals surface area contributed by atoms with E-state index in [0.717, 1.165) is 0 Å². The Kier molecular flexibility index (Phi) is 5.82. The van der Waals surface area contributed by atoms with Gasteiger partial charge in [-0.25, -0.2) is 14.6 Å². The van der Waals surface area contributed by atoms with Crippen molar-refractivity contribution < 1.29 is 19.1 Å². The molecule has 8 heteroatoms. The third kappa shape index (κ3) is 5.16. The minimum atomic E-state index is -1.17. The van der Waals surface area contributed by atoms with Gasteiger partial charge < -0.3 is 10.1 Å². The summed E-state index contributed by atoms with van der Waals surface area (Å²) in [6.45, 7) is 6.71. The van der Waals surface area contributed by atoms with Crippen molar-refractivity contribution in [3.63, 3.8) is 0 Å². The number of halogens is 1. The number of carbonyl (C=O) groups excluding carboxylic acids is 3. The van der Waals surface area contributed by atoms with Gasteiger partial charge in [-0.15, -0.1) is 0 Å². The maximum atomic E-state index is 12.5. The second-order valence-corrected chi connectivity index (χ2v) is 7.14. The molecule has 7 nitrogen and oxygen atoms in total. The molecule has 0 fully saturated rings. The third-order valence-corrected chi connectivity index (χ3v) is 3.48. The monoisotopic (exact) mass is 377 g/mol. The summed E-state index contributed by atoms with van der Waals surface area (Å²) in [6, 6.07) is 7.65. The van der Waals surface area contributed by atoms with Crippen molar-refractivity contribution >= 4 is 40.4 Å². The van der Waals surface area contributed by atoms with Gasteiger partial charge in [0, 0.05) is 10.9 Å². The molecule has 1 atom stereocenters. The summed E-state index contributed by atoms with van der Waals surface area (Å²) in [5.74, 6) is -1.46. The van der Waals surface area contributed by atoms with Crippen molar-refractivity contribution in [2.24, 2.45) is 0 Å². The molecule has 2 rings (SSSR count). The first-order valence-electron chi connectivity index (χ1n) is 7.96. The molecule has 138 valence electrons. The van der Waals surface area contributed by atoms with Crippen molar-refractivity contribution in [3.8, 4) is 0 Å². The standard InChI is InChI=1S/C18H20ClN3O4/c1-10(15(23)21-17(25)22-18(2,3)4)26-16(24)12-9-14(19)20-13-8-6-5-7-11(12)13/h5-10H,1-4H3,(H2,21,22,23,25)/t10-/m1/s1. The molecule has 2 N–H and O–H groups in total. The first-order chi connectivity index (χ1) is 12.1. The highest BCUT2D eigenvalue weighted by Crippen LogP contribution is 2.22. The van der Waals surface area contributed by atoms with E-state index in [1.165, 1.54) is 13.0 Å². The normalized spacial score (nSPS) is 12.3. The highest BCUT2D eigenvalue weighted by atomic mass is 35.5. The van der Waals surface area contributed by atoms with Crippen LogP contribution in [0.1, 0.15) is 38.1 Å². The lowest BCUT2D eigenvalue weighted by Crippen LogP contribution is -2.50. The van der Waals surface area contributed by atoms with Crippen LogP contribution in [0.25, 0.3) is 10.9 Å². The van der Waals surface area contributed by atoms with Crippen LogP contribution in [0.2, 0.25) is 5.15 Å². The van der Waals surface area contributed by atoms with Gasteiger partial charge in [-0.1, -0.05) is 29.8 Å². The third-order valence-electron chi connectivity index (χ3n) is 3.28. The van der Waals surface area contributed by atoms with Crippen LogP contribution in [-0.2, 0) is 9.53 Å². The van der Waals surface area contributed by atoms with Crippen molar-refractivity contribution in [1.82, 2.24) is 15.6 Å². The number of esters is 1. The number of hydrogen-bond donors (Lipinski definition) is 2. The Hall–Kier alpha value is -2.67. The van der Waals surface area contributed by atoms with Gasteiger partial charge >= 0.3 is 12.0 Å². The summed E-state index contributed by atoms with van der Waals surface area (Å²) in [7, 11) is 0. The number of benzene rings is 1. The molecule has 2 aromatic rings. The van der Waals surface area contributed by atoms with Crippen LogP contribution < -0.4 is 10.6 Å². The number of pyridine rings is 1. The molecule has 1 aromatic carbocycles. The largest absolute Gasteiger partial charge is 0.449 e. The summed E-state index contributed by atoms with van der Waals surface area (Å²) in [4.78, 5) is 40.4. The lowest BCUT2D eigenvalue weighted by Gasteiger charge is -2.21. The Balaban J connectivity index is 2.10. The first kappa shape index (κ1) is 19.7. The van der Waals surface area contributed by atoms with Gasteiger partial charge in [-0.3, -0.25) is 10.1 Å². The lowest BCUT2D eigenvalue weighted by molar-refractivity contribution is -0.127. The summed E-state index contributed by atoms with van der Waals surface area (Å²) < 4.78 is 5.17. The van der Waals surface area contributed by atoms with Gasteiger partial charge in [0.15, 0.2) is 6.10 Å². The molecule has 26 heavy (non-hydrogen) atoms. The van der Waals surface area contributed by atoms with Crippen molar-refractivity contribution in [1.29, 1.82) is 0 Å². The minimum Gasteiger partial charge on any atom is -0.449 e. The first-order valence-corrected chi connectivity index (χ1v) is 8.34. The molecule has 0 bridgehead atoms. The number of rotatable bonds is 3. The molecule has 0 aliphatic rings. The number of para-hydroxylation sites is 1. The quantitative estimate of drug-likeness (QED) is 0.632. The number of imide groups is 1. The fourth-order valence-corrected chi connectivity index (χ4v) is 2.38. The maximum Gasteiger partial charge on any atom is 0.339 e. The van der Waals surface area contributed by atoms with Crippen LogP contribution in [0, 0.1) is 0 Å². The van der Waals surface area contributed by atoms with E-state index in [-0.39, 0.29) is 10.7 Å². The van der Waals surface area contributed by atoms with Crippen molar-refractivity contribution in [2.75, 3.05) is 0 Å². The van der Waals surface area contributed by atoms with E-state index >= 15 is 0 Å². The topological polar surface area (TPSA) is 97.4 Å². The van der Waals surface area contributed by atoms with Crippen LogP contribution in [0.5, 0.6) is 0 Å². The van der Waals surface area contributed by atoms with Crippen LogP contribution in [0.3, 0.4) is 0 Å². The maximum absolute atomic E-state index is 12.5. The molecular formula is C18H20ClN3O4. The summed E-state index contributed by atoms with van der Waals surface area (Å²) in [6.07, 6.45) is -1.17. The van der Waals surface area contributed by atoms with Gasteiger partial charge in [0.25, 0.3) is 5.91 Å². The molecule has 0 radical (unpaired) electrons. The fraction of sp³-hybridized carbons (Fsp3) is 0.333.